The zero-order valence-corrected chi connectivity index (χ0v) is 20.2. The number of aryl methyl sites for hydroxylation is 3. The number of nitrogens with zero attached hydrogens (tertiary/aromatic N) is 3. The smallest absolute Gasteiger partial charge is 0.268 e. The van der Waals surface area contributed by atoms with E-state index in [4.69, 9.17) is 11.6 Å². The second-order valence-corrected chi connectivity index (χ2v) is 8.45. The molecule has 2 aromatic heterocycles. The van der Waals surface area contributed by atoms with Crippen LogP contribution in [0.2, 0.25) is 5.02 Å². The number of carbonyl (C=O) groups is 1. The van der Waals surface area contributed by atoms with Gasteiger partial charge in [0.15, 0.2) is 5.43 Å². The van der Waals surface area contributed by atoms with Crippen LogP contribution in [0.1, 0.15) is 41.0 Å². The molecule has 0 N–H and O–H groups in total. The predicted molar refractivity (Wildman–Crippen MR) is 138 cm³/mol. The van der Waals surface area contributed by atoms with Crippen LogP contribution in [-0.2, 0) is 12.8 Å². The SMILES string of the molecule is CCc1cccc(CC)c1N(C(=O)c1cn(-c2ccc(Cl)cc2)c(C)cc1=O)c1ccncc1. The lowest BCUT2D eigenvalue weighted by molar-refractivity contribution is 0.0997. The topological polar surface area (TPSA) is 55.2 Å². The molecular formula is C28H26ClN3O2. The second-order valence-electron chi connectivity index (χ2n) is 8.02. The third kappa shape index (κ3) is 4.52. The molecule has 4 rings (SSSR count). The lowest BCUT2D eigenvalue weighted by Crippen LogP contribution is -2.32. The van der Waals surface area contributed by atoms with Crippen LogP contribution in [0.3, 0.4) is 0 Å². The summed E-state index contributed by atoms with van der Waals surface area (Å²) >= 11 is 6.06. The van der Waals surface area contributed by atoms with Crippen molar-refractivity contribution in [2.75, 3.05) is 4.90 Å². The third-order valence-corrected chi connectivity index (χ3v) is 6.14. The molecule has 0 aliphatic heterocycles. The molecule has 0 saturated heterocycles. The number of pyridine rings is 2. The molecule has 0 fully saturated rings. The number of benzene rings is 2. The van der Waals surface area contributed by atoms with Crippen molar-refractivity contribution in [1.82, 2.24) is 9.55 Å². The number of amides is 1. The lowest BCUT2D eigenvalue weighted by atomic mass is 10.0. The normalized spacial score (nSPS) is 10.8. The maximum atomic E-state index is 14.1. The van der Waals surface area contributed by atoms with Gasteiger partial charge in [-0.25, -0.2) is 0 Å². The molecule has 5 nitrogen and oxygen atoms in total. The maximum absolute atomic E-state index is 14.1. The van der Waals surface area contributed by atoms with Crippen molar-refractivity contribution >= 4 is 28.9 Å². The summed E-state index contributed by atoms with van der Waals surface area (Å²) in [6, 6.07) is 18.4. The molecule has 0 spiro atoms. The number of carbonyl (C=O) groups excluding carboxylic acids is 1. The summed E-state index contributed by atoms with van der Waals surface area (Å²) in [5.74, 6) is -0.380. The Hall–Kier alpha value is -3.70. The summed E-state index contributed by atoms with van der Waals surface area (Å²) in [6.45, 7) is 5.96. The summed E-state index contributed by atoms with van der Waals surface area (Å²) in [7, 11) is 0. The molecule has 0 atom stereocenters. The van der Waals surface area contributed by atoms with Crippen molar-refractivity contribution < 1.29 is 4.79 Å². The fraction of sp³-hybridized carbons (Fsp3) is 0.179. The van der Waals surface area contributed by atoms with Crippen LogP contribution < -0.4 is 10.3 Å². The van der Waals surface area contributed by atoms with E-state index in [0.717, 1.165) is 41.0 Å². The van der Waals surface area contributed by atoms with E-state index in [1.165, 1.54) is 6.07 Å². The Morgan fingerprint density at radius 3 is 2.18 bits per heavy atom. The van der Waals surface area contributed by atoms with E-state index in [1.54, 1.807) is 47.8 Å². The first kappa shape index (κ1) is 23.5. The molecule has 6 heteroatoms. The van der Waals surface area contributed by atoms with E-state index in [2.05, 4.69) is 18.8 Å². The molecule has 0 unspecified atom stereocenters. The molecule has 0 saturated carbocycles. The van der Waals surface area contributed by atoms with Gasteiger partial charge in [0, 0.05) is 41.1 Å². The van der Waals surface area contributed by atoms with E-state index >= 15 is 0 Å². The zero-order valence-electron chi connectivity index (χ0n) is 19.5. The van der Waals surface area contributed by atoms with Gasteiger partial charge >= 0.3 is 0 Å². The molecule has 0 radical (unpaired) electrons. The van der Waals surface area contributed by atoms with Gasteiger partial charge in [-0.3, -0.25) is 19.5 Å². The fourth-order valence-corrected chi connectivity index (χ4v) is 4.26. The number of halogens is 1. The van der Waals surface area contributed by atoms with Gasteiger partial charge in [-0.1, -0.05) is 43.6 Å². The third-order valence-electron chi connectivity index (χ3n) is 5.89. The summed E-state index contributed by atoms with van der Waals surface area (Å²) in [4.78, 5) is 33.0. The zero-order chi connectivity index (χ0) is 24.2. The average Bonchev–Trinajstić information content (AvgIpc) is 2.85. The van der Waals surface area contributed by atoms with Crippen molar-refractivity contribution in [1.29, 1.82) is 0 Å². The molecule has 2 heterocycles. The van der Waals surface area contributed by atoms with E-state index in [1.807, 2.05) is 41.8 Å². The van der Waals surface area contributed by atoms with Crippen LogP contribution in [0.4, 0.5) is 11.4 Å². The van der Waals surface area contributed by atoms with Crippen molar-refractivity contribution in [2.45, 2.75) is 33.6 Å². The molecule has 0 aliphatic carbocycles. The average molecular weight is 472 g/mol. The quantitative estimate of drug-likeness (QED) is 0.331. The second kappa shape index (κ2) is 10.1. The number of para-hydroxylation sites is 1. The van der Waals surface area contributed by atoms with Crippen LogP contribution in [0, 0.1) is 6.92 Å². The Labute approximate surface area is 204 Å². The first-order chi connectivity index (χ1) is 16.4. The number of rotatable bonds is 6. The minimum absolute atomic E-state index is 0.0883. The standard InChI is InChI=1S/C28H26ClN3O2/c1-4-20-7-6-8-21(5-2)27(20)32(24-13-15-30-16-14-24)28(34)25-18-31(19(3)17-26(25)33)23-11-9-22(29)10-12-23/h6-18H,4-5H2,1-3H3. The summed E-state index contributed by atoms with van der Waals surface area (Å²) in [5, 5.41) is 0.617. The Morgan fingerprint density at radius 1 is 0.971 bits per heavy atom. The number of aromatic nitrogens is 2. The Balaban J connectivity index is 1.93. The number of hydrogen-bond acceptors (Lipinski definition) is 3. The highest BCUT2D eigenvalue weighted by Crippen LogP contribution is 2.34. The van der Waals surface area contributed by atoms with Crippen LogP contribution in [0.5, 0.6) is 0 Å². The summed E-state index contributed by atoms with van der Waals surface area (Å²) in [5.41, 5.74) is 4.86. The van der Waals surface area contributed by atoms with Crippen molar-refractivity contribution in [3.8, 4) is 5.69 Å². The molecule has 34 heavy (non-hydrogen) atoms. The predicted octanol–water partition coefficient (Wildman–Crippen LogP) is 6.30. The summed E-state index contributed by atoms with van der Waals surface area (Å²) in [6.07, 6.45) is 6.42. The monoisotopic (exact) mass is 471 g/mol. The van der Waals surface area contributed by atoms with Crippen LogP contribution >= 0.6 is 11.6 Å². The lowest BCUT2D eigenvalue weighted by Gasteiger charge is -2.28. The fourth-order valence-electron chi connectivity index (χ4n) is 4.14. The molecule has 172 valence electrons. The molecule has 1 amide bonds. The maximum Gasteiger partial charge on any atom is 0.268 e. The Morgan fingerprint density at radius 2 is 1.59 bits per heavy atom. The largest absolute Gasteiger partial charge is 0.320 e. The number of hydrogen-bond donors (Lipinski definition) is 0. The highest BCUT2D eigenvalue weighted by atomic mass is 35.5. The first-order valence-electron chi connectivity index (χ1n) is 11.3. The summed E-state index contributed by atoms with van der Waals surface area (Å²) < 4.78 is 1.84. The first-order valence-corrected chi connectivity index (χ1v) is 11.7. The highest BCUT2D eigenvalue weighted by Gasteiger charge is 2.26. The van der Waals surface area contributed by atoms with Gasteiger partial charge in [-0.2, -0.15) is 0 Å². The van der Waals surface area contributed by atoms with Gasteiger partial charge in [-0.15, -0.1) is 0 Å². The van der Waals surface area contributed by atoms with Crippen molar-refractivity contribution in [2.24, 2.45) is 0 Å². The molecule has 4 aromatic rings. The molecule has 2 aromatic carbocycles. The van der Waals surface area contributed by atoms with Crippen molar-refractivity contribution in [3.63, 3.8) is 0 Å². The molecule has 0 bridgehead atoms. The Bertz CT molecular complexity index is 1360. The van der Waals surface area contributed by atoms with E-state index in [0.29, 0.717) is 10.7 Å². The molecule has 0 aliphatic rings. The van der Waals surface area contributed by atoms with Gasteiger partial charge in [0.25, 0.3) is 5.91 Å². The Kier molecular flexibility index (Phi) is 6.94. The minimum atomic E-state index is -0.380. The van der Waals surface area contributed by atoms with E-state index < -0.39 is 0 Å². The van der Waals surface area contributed by atoms with Crippen LogP contribution in [-0.4, -0.2) is 15.5 Å². The number of anilines is 2. The van der Waals surface area contributed by atoms with Crippen molar-refractivity contribution in [3.05, 3.63) is 117 Å². The van der Waals surface area contributed by atoms with Gasteiger partial charge in [-0.05, 0) is 67.3 Å². The van der Waals surface area contributed by atoms with Crippen LogP contribution in [0.15, 0.2) is 84.0 Å². The minimum Gasteiger partial charge on any atom is -0.320 e. The van der Waals surface area contributed by atoms with E-state index in [9.17, 15) is 9.59 Å². The van der Waals surface area contributed by atoms with E-state index in [-0.39, 0.29) is 16.9 Å². The van der Waals surface area contributed by atoms with Gasteiger partial charge in [0.1, 0.15) is 5.56 Å². The van der Waals surface area contributed by atoms with Gasteiger partial charge in [0.05, 0.1) is 11.4 Å². The van der Waals surface area contributed by atoms with Gasteiger partial charge < -0.3 is 4.57 Å². The van der Waals surface area contributed by atoms with Gasteiger partial charge in [0.2, 0.25) is 0 Å². The molecular weight excluding hydrogens is 446 g/mol. The van der Waals surface area contributed by atoms with Crippen LogP contribution in [0.25, 0.3) is 5.69 Å². The highest BCUT2D eigenvalue weighted by molar-refractivity contribution is 6.30.